The summed E-state index contributed by atoms with van der Waals surface area (Å²) < 4.78 is 83.1. The van der Waals surface area contributed by atoms with Crippen molar-refractivity contribution in [3.8, 4) is 22.8 Å². The molecule has 1 N–H and O–H groups in total. The van der Waals surface area contributed by atoms with E-state index >= 15 is 0 Å². The van der Waals surface area contributed by atoms with Gasteiger partial charge in [-0.05, 0) is 84.5 Å². The Morgan fingerprint density at radius 1 is 1.00 bits per heavy atom. The predicted molar refractivity (Wildman–Crippen MR) is 189 cm³/mol. The molecule has 3 aromatic carbocycles. The van der Waals surface area contributed by atoms with Crippen molar-refractivity contribution in [1.29, 1.82) is 0 Å². The summed E-state index contributed by atoms with van der Waals surface area (Å²) in [6.45, 7) is 7.05. The van der Waals surface area contributed by atoms with Gasteiger partial charge in [0.1, 0.15) is 12.1 Å². The number of anilines is 1. The third kappa shape index (κ3) is 12.1. The zero-order valence-corrected chi connectivity index (χ0v) is 29.7. The predicted octanol–water partition coefficient (Wildman–Crippen LogP) is 9.39. The van der Waals surface area contributed by atoms with E-state index in [-0.39, 0.29) is 34.9 Å². The van der Waals surface area contributed by atoms with Crippen LogP contribution in [-0.4, -0.2) is 56.7 Å². The van der Waals surface area contributed by atoms with Gasteiger partial charge in [-0.25, -0.2) is 14.5 Å². The number of amides is 2. The number of rotatable bonds is 12. The van der Waals surface area contributed by atoms with Crippen LogP contribution in [-0.2, 0) is 11.2 Å². The standard InChI is InChI=1S/C36H38F6N6O3S/c1-5-6-31(49)52-34(47(20-18-35(37,38)39)30-21-24(4)7-16-29(30)23(2)3)45-33(50)43-19-17-25-8-10-26(11-9-25)32-44-22-48(46-32)27-12-14-28(15-13-27)51-36(40,41)42/h7-16,21-23H,5-6,17-20H2,1-4H3,(H,43,50)/b45-34-. The number of halogens is 6. The number of urea groups is 1. The van der Waals surface area contributed by atoms with Crippen LogP contribution in [0.15, 0.2) is 78.0 Å². The molecular formula is C36H38F6N6O3S. The molecule has 0 bridgehead atoms. The minimum absolute atomic E-state index is 0.0595. The molecule has 2 amide bonds. The Kier molecular flexibility index (Phi) is 13.5. The van der Waals surface area contributed by atoms with Crippen molar-refractivity contribution in [3.63, 3.8) is 0 Å². The second-order valence-electron chi connectivity index (χ2n) is 12.1. The van der Waals surface area contributed by atoms with Crippen LogP contribution < -0.4 is 15.0 Å². The highest BCUT2D eigenvalue weighted by Gasteiger charge is 2.32. The number of hydrogen-bond acceptors (Lipinski definition) is 6. The quantitative estimate of drug-likeness (QED) is 0.0876. The Morgan fingerprint density at radius 2 is 1.69 bits per heavy atom. The van der Waals surface area contributed by atoms with Crippen LogP contribution in [0.4, 0.5) is 36.8 Å². The Hall–Kier alpha value is -4.86. The summed E-state index contributed by atoms with van der Waals surface area (Å²) in [6, 6.07) is 17.0. The normalized spacial score (nSPS) is 12.2. The number of carbonyl (C=O) groups is 2. The highest BCUT2D eigenvalue weighted by molar-refractivity contribution is 8.26. The first-order valence-electron chi connectivity index (χ1n) is 16.4. The van der Waals surface area contributed by atoms with Crippen LogP contribution in [0.25, 0.3) is 17.1 Å². The van der Waals surface area contributed by atoms with E-state index in [9.17, 15) is 35.9 Å². The fourth-order valence-corrected chi connectivity index (χ4v) is 5.95. The van der Waals surface area contributed by atoms with E-state index < -0.39 is 31.5 Å². The number of aryl methyl sites for hydroxylation is 1. The Morgan fingerprint density at radius 3 is 2.31 bits per heavy atom. The summed E-state index contributed by atoms with van der Waals surface area (Å²) in [4.78, 5) is 35.6. The van der Waals surface area contributed by atoms with Crippen molar-refractivity contribution >= 4 is 33.8 Å². The van der Waals surface area contributed by atoms with Crippen molar-refractivity contribution in [2.24, 2.45) is 4.99 Å². The molecular weight excluding hydrogens is 710 g/mol. The van der Waals surface area contributed by atoms with Gasteiger partial charge >= 0.3 is 18.6 Å². The summed E-state index contributed by atoms with van der Waals surface area (Å²) in [5, 5.41) is 6.62. The lowest BCUT2D eigenvalue weighted by molar-refractivity contribution is -0.274. The van der Waals surface area contributed by atoms with Crippen molar-refractivity contribution in [1.82, 2.24) is 20.1 Å². The monoisotopic (exact) mass is 748 g/mol. The van der Waals surface area contributed by atoms with Gasteiger partial charge in [0.25, 0.3) is 0 Å². The molecule has 0 spiro atoms. The minimum atomic E-state index is -4.80. The van der Waals surface area contributed by atoms with Crippen LogP contribution in [0.2, 0.25) is 0 Å². The third-order valence-electron chi connectivity index (χ3n) is 7.53. The molecule has 9 nitrogen and oxygen atoms in total. The maximum Gasteiger partial charge on any atom is 0.573 e. The van der Waals surface area contributed by atoms with E-state index in [2.05, 4.69) is 25.1 Å². The van der Waals surface area contributed by atoms with Crippen molar-refractivity contribution in [2.45, 2.75) is 71.8 Å². The van der Waals surface area contributed by atoms with E-state index in [0.29, 0.717) is 47.4 Å². The van der Waals surface area contributed by atoms with E-state index in [1.54, 1.807) is 25.1 Å². The van der Waals surface area contributed by atoms with Crippen molar-refractivity contribution in [2.75, 3.05) is 18.0 Å². The molecule has 0 radical (unpaired) electrons. The van der Waals surface area contributed by atoms with Gasteiger partial charge < -0.3 is 15.0 Å². The third-order valence-corrected chi connectivity index (χ3v) is 8.46. The molecule has 0 aliphatic rings. The van der Waals surface area contributed by atoms with Gasteiger partial charge in [0.2, 0.25) is 0 Å². The number of carbonyl (C=O) groups excluding carboxylic acids is 2. The molecule has 0 unspecified atom stereocenters. The highest BCUT2D eigenvalue weighted by atomic mass is 32.2. The second-order valence-corrected chi connectivity index (χ2v) is 13.1. The Balaban J connectivity index is 1.46. The molecule has 0 aliphatic heterocycles. The molecule has 16 heteroatoms. The number of alkyl halides is 6. The van der Waals surface area contributed by atoms with Crippen LogP contribution in [0.3, 0.4) is 0 Å². The number of aromatic nitrogens is 3. The van der Waals surface area contributed by atoms with Crippen molar-refractivity contribution in [3.05, 3.63) is 89.7 Å². The number of nitrogens with zero attached hydrogens (tertiary/aromatic N) is 5. The van der Waals surface area contributed by atoms with Gasteiger partial charge in [0.05, 0.1) is 12.1 Å². The van der Waals surface area contributed by atoms with Crippen LogP contribution in [0, 0.1) is 6.92 Å². The average Bonchev–Trinajstić information content (AvgIpc) is 3.55. The molecule has 0 saturated carbocycles. The maximum absolute atomic E-state index is 13.5. The summed E-state index contributed by atoms with van der Waals surface area (Å²) in [5.74, 6) is -0.0467. The maximum atomic E-state index is 13.5. The zero-order chi connectivity index (χ0) is 38.1. The lowest BCUT2D eigenvalue weighted by Gasteiger charge is -2.29. The minimum Gasteiger partial charge on any atom is -0.406 e. The molecule has 278 valence electrons. The first kappa shape index (κ1) is 39.9. The van der Waals surface area contributed by atoms with Gasteiger partial charge in [-0.2, -0.15) is 18.2 Å². The lowest BCUT2D eigenvalue weighted by Crippen LogP contribution is -2.36. The fourth-order valence-electron chi connectivity index (χ4n) is 5.01. The van der Waals surface area contributed by atoms with Crippen LogP contribution in [0.5, 0.6) is 5.75 Å². The number of ether oxygens (including phenoxy) is 1. The van der Waals surface area contributed by atoms with Gasteiger partial charge in [0.15, 0.2) is 16.1 Å². The average molecular weight is 749 g/mol. The number of thioether (sulfide) groups is 1. The molecule has 1 heterocycles. The molecule has 0 aliphatic carbocycles. The summed E-state index contributed by atoms with van der Waals surface area (Å²) in [6.07, 6.45) is -7.97. The number of benzene rings is 3. The molecule has 0 fully saturated rings. The Labute approximate surface area is 301 Å². The van der Waals surface area contributed by atoms with E-state index in [4.69, 9.17) is 0 Å². The van der Waals surface area contributed by atoms with Gasteiger partial charge in [-0.1, -0.05) is 57.2 Å². The van der Waals surface area contributed by atoms with E-state index in [1.807, 2.05) is 45.0 Å². The molecule has 0 atom stereocenters. The first-order chi connectivity index (χ1) is 24.5. The van der Waals surface area contributed by atoms with Gasteiger partial charge in [-0.3, -0.25) is 4.79 Å². The van der Waals surface area contributed by atoms with Gasteiger partial charge in [-0.15, -0.1) is 18.3 Å². The second kappa shape index (κ2) is 17.6. The van der Waals surface area contributed by atoms with Crippen LogP contribution in [0.1, 0.15) is 62.6 Å². The number of amidine groups is 1. The molecule has 52 heavy (non-hydrogen) atoms. The largest absolute Gasteiger partial charge is 0.573 e. The molecule has 4 aromatic rings. The van der Waals surface area contributed by atoms with Crippen LogP contribution >= 0.6 is 11.8 Å². The highest BCUT2D eigenvalue weighted by Crippen LogP contribution is 2.33. The molecule has 0 saturated heterocycles. The number of aliphatic imine (C=N–C) groups is 1. The van der Waals surface area contributed by atoms with E-state index in [0.717, 1.165) is 16.7 Å². The van der Waals surface area contributed by atoms with Crippen molar-refractivity contribution < 1.29 is 40.7 Å². The summed E-state index contributed by atoms with van der Waals surface area (Å²) in [7, 11) is 0. The molecule has 4 rings (SSSR count). The Bertz CT molecular complexity index is 1840. The first-order valence-corrected chi connectivity index (χ1v) is 17.2. The van der Waals surface area contributed by atoms with Gasteiger partial charge in [0, 0.05) is 30.8 Å². The summed E-state index contributed by atoms with van der Waals surface area (Å²) in [5.41, 5.74) is 3.99. The lowest BCUT2D eigenvalue weighted by atomic mass is 9.98. The fraction of sp³-hybridized carbons (Fsp3) is 0.361. The summed E-state index contributed by atoms with van der Waals surface area (Å²) >= 11 is 0.658. The topological polar surface area (TPSA) is 102 Å². The smallest absolute Gasteiger partial charge is 0.406 e. The SMILES string of the molecule is CCCC(=O)S/C(=N\C(=O)NCCc1ccc(-c2ncn(-c3ccc(OC(F)(F)F)cc3)n2)cc1)N(CCC(F)(F)F)c1cc(C)ccc1C(C)C. The van der Waals surface area contributed by atoms with E-state index in [1.165, 1.54) is 40.2 Å². The number of hydrogen-bond donors (Lipinski definition) is 1. The zero-order valence-electron chi connectivity index (χ0n) is 28.9. The molecule has 1 aromatic heterocycles. The number of nitrogens with one attached hydrogen (secondary N) is 1.